The molecule has 2 heterocycles. The second-order valence-corrected chi connectivity index (χ2v) is 23.5. The Hall–Kier alpha value is -5.52. The highest BCUT2D eigenvalue weighted by molar-refractivity contribution is 6.00. The predicted octanol–water partition coefficient (Wildman–Crippen LogP) is 12.0. The van der Waals surface area contributed by atoms with E-state index in [1.807, 2.05) is 36.4 Å². The lowest BCUT2D eigenvalue weighted by Crippen LogP contribution is -2.43. The summed E-state index contributed by atoms with van der Waals surface area (Å²) in [5.74, 6) is -3.79. The van der Waals surface area contributed by atoms with Gasteiger partial charge in [0.25, 0.3) is 11.8 Å². The van der Waals surface area contributed by atoms with Crippen molar-refractivity contribution in [1.29, 1.82) is 0 Å². The lowest BCUT2D eigenvalue weighted by molar-refractivity contribution is -0.133. The number of nitrogens with zero attached hydrogens (tertiary/aromatic N) is 2. The van der Waals surface area contributed by atoms with Crippen LogP contribution in [-0.4, -0.2) is 96.6 Å². The van der Waals surface area contributed by atoms with Crippen molar-refractivity contribution in [3.63, 3.8) is 0 Å². The number of amides is 6. The lowest BCUT2D eigenvalue weighted by atomic mass is 9.94. The molecule has 0 spiro atoms. The van der Waals surface area contributed by atoms with Gasteiger partial charge in [-0.25, -0.2) is 0 Å². The Balaban J connectivity index is 0.913. The minimum absolute atomic E-state index is 0.0256. The Labute approximate surface area is 468 Å². The van der Waals surface area contributed by atoms with Gasteiger partial charge >= 0.3 is 0 Å². The van der Waals surface area contributed by atoms with Crippen molar-refractivity contribution in [3.05, 3.63) is 107 Å². The first-order valence-corrected chi connectivity index (χ1v) is 31.1. The first kappa shape index (κ1) is 60.1. The molecule has 4 aliphatic rings. The van der Waals surface area contributed by atoms with Crippen LogP contribution in [0.4, 0.5) is 0 Å². The summed E-state index contributed by atoms with van der Waals surface area (Å²) in [5.41, 5.74) is 3.04. The number of rotatable bonds is 36. The highest BCUT2D eigenvalue weighted by Crippen LogP contribution is 2.43. The summed E-state index contributed by atoms with van der Waals surface area (Å²) in [5, 5.41) is 12.7. The van der Waals surface area contributed by atoms with E-state index in [9.17, 15) is 28.8 Å². The Morgan fingerprint density at radius 1 is 0.372 bits per heavy atom. The number of carbonyl (C=O) groups excluding carboxylic acids is 6. The first-order chi connectivity index (χ1) is 38.2. The normalized spacial score (nSPS) is 22.2. The third-order valence-corrected chi connectivity index (χ3v) is 17.3. The van der Waals surface area contributed by atoms with E-state index in [1.165, 1.54) is 127 Å². The molecule has 12 heteroatoms. The van der Waals surface area contributed by atoms with Gasteiger partial charge in [0.2, 0.25) is 23.6 Å². The van der Waals surface area contributed by atoms with E-state index in [4.69, 9.17) is 0 Å². The first-order valence-electron chi connectivity index (χ1n) is 31.1. The zero-order chi connectivity index (χ0) is 54.9. The Kier molecular flexibility index (Phi) is 25.1. The number of unbranched alkanes of at least 4 members (excludes halogenated alkanes) is 22. The molecule has 426 valence electrons. The van der Waals surface area contributed by atoms with E-state index in [0.29, 0.717) is 24.2 Å². The van der Waals surface area contributed by atoms with Gasteiger partial charge in [-0.3, -0.25) is 28.8 Å². The minimum Gasteiger partial charge on any atom is -0.356 e. The van der Waals surface area contributed by atoms with E-state index in [0.717, 1.165) is 51.4 Å². The van der Waals surface area contributed by atoms with Crippen LogP contribution in [0.3, 0.4) is 0 Å². The molecular weight excluding hydrogens is 973 g/mol. The number of hydrogen-bond acceptors (Lipinski definition) is 6. The zero-order valence-electron chi connectivity index (χ0n) is 47.7. The van der Waals surface area contributed by atoms with Crippen LogP contribution in [-0.2, 0) is 19.2 Å². The van der Waals surface area contributed by atoms with Gasteiger partial charge in [0.05, 0.1) is 23.7 Å². The molecule has 8 atom stereocenters. The van der Waals surface area contributed by atoms with Crippen molar-refractivity contribution in [2.24, 2.45) is 23.7 Å². The minimum atomic E-state index is -0.722. The molecule has 4 N–H and O–H groups in total. The smallest absolute Gasteiger partial charge is 0.253 e. The molecule has 0 unspecified atom stereocenters. The maximum absolute atomic E-state index is 14.2. The standard InChI is InChI=1S/C66H96N6O6/c1-3-5-7-9-11-13-15-17-19-21-23-31-41-67-61(73)55-45-71(46-56(55)62(74)68-42-32-24-22-20-18-16-14-12-10-8-6-4-2)65(77)51-37-39-52(40-38-51)66(78)72-47-57(63(75)69-59-43-53(59)49-33-27-25-28-34-49)58(48-72)64(76)70-60-44-54(60)50-35-29-26-30-36-50/h25-30,33-40,53-60H,3-24,31-32,41-48H2,1-2H3,(H,67,73)(H,68,74)(H,69,75)(H,70,76)/t53-,54+,55-,56-,57-,58-,59+,60-/m1/s1. The van der Waals surface area contributed by atoms with Gasteiger partial charge in [-0.15, -0.1) is 0 Å². The van der Waals surface area contributed by atoms with Crippen LogP contribution in [0.25, 0.3) is 0 Å². The second-order valence-electron chi connectivity index (χ2n) is 23.5. The maximum atomic E-state index is 14.2. The predicted molar refractivity (Wildman–Crippen MR) is 312 cm³/mol. The van der Waals surface area contributed by atoms with Gasteiger partial charge in [0.15, 0.2) is 0 Å². The Morgan fingerprint density at radius 3 is 0.962 bits per heavy atom. The summed E-state index contributed by atoms with van der Waals surface area (Å²) >= 11 is 0. The summed E-state index contributed by atoms with van der Waals surface area (Å²) in [4.78, 5) is 87.5. The Morgan fingerprint density at radius 2 is 0.654 bits per heavy atom. The monoisotopic (exact) mass is 1070 g/mol. The van der Waals surface area contributed by atoms with E-state index in [1.54, 1.807) is 34.1 Å². The van der Waals surface area contributed by atoms with Crippen molar-refractivity contribution in [3.8, 4) is 0 Å². The van der Waals surface area contributed by atoms with Crippen molar-refractivity contribution >= 4 is 35.4 Å². The van der Waals surface area contributed by atoms with Crippen LogP contribution in [0, 0.1) is 23.7 Å². The highest BCUT2D eigenvalue weighted by atomic mass is 16.2. The highest BCUT2D eigenvalue weighted by Gasteiger charge is 2.49. The van der Waals surface area contributed by atoms with E-state index in [2.05, 4.69) is 59.4 Å². The molecule has 7 rings (SSSR count). The zero-order valence-corrected chi connectivity index (χ0v) is 47.7. The molecule has 0 aromatic heterocycles. The van der Waals surface area contributed by atoms with Crippen LogP contribution >= 0.6 is 0 Å². The average molecular weight is 1070 g/mol. The van der Waals surface area contributed by atoms with Crippen LogP contribution in [0.15, 0.2) is 84.9 Å². The molecule has 0 radical (unpaired) electrons. The topological polar surface area (TPSA) is 157 Å². The quantitative estimate of drug-likeness (QED) is 0.0425. The molecule has 3 aromatic rings. The summed E-state index contributed by atoms with van der Waals surface area (Å²) in [6.45, 7) is 6.04. The summed E-state index contributed by atoms with van der Waals surface area (Å²) in [7, 11) is 0. The van der Waals surface area contributed by atoms with Gasteiger partial charge in [-0.2, -0.15) is 0 Å². The van der Waals surface area contributed by atoms with Crippen molar-refractivity contribution in [1.82, 2.24) is 31.1 Å². The van der Waals surface area contributed by atoms with Crippen LogP contribution < -0.4 is 21.3 Å². The molecular formula is C66H96N6O6. The van der Waals surface area contributed by atoms with Crippen molar-refractivity contribution in [2.45, 2.75) is 205 Å². The fraction of sp³-hybridized carbons (Fsp3) is 0.636. The Bertz CT molecular complexity index is 2190. The maximum Gasteiger partial charge on any atom is 0.253 e. The van der Waals surface area contributed by atoms with Gasteiger partial charge in [0, 0.05) is 74.3 Å². The molecule has 2 aliphatic heterocycles. The fourth-order valence-corrected chi connectivity index (χ4v) is 12.2. The third kappa shape index (κ3) is 18.8. The molecule has 0 bridgehead atoms. The average Bonchev–Trinajstić information content (AvgIpc) is 4.31. The molecule has 2 saturated heterocycles. The van der Waals surface area contributed by atoms with Gasteiger partial charge < -0.3 is 31.1 Å². The van der Waals surface area contributed by atoms with Crippen LogP contribution in [0.1, 0.15) is 224 Å². The molecule has 4 fully saturated rings. The summed E-state index contributed by atoms with van der Waals surface area (Å²) in [6.07, 6.45) is 31.3. The summed E-state index contributed by atoms with van der Waals surface area (Å²) in [6, 6.07) is 26.7. The van der Waals surface area contributed by atoms with E-state index < -0.39 is 23.7 Å². The van der Waals surface area contributed by atoms with Gasteiger partial charge in [0.1, 0.15) is 0 Å². The lowest BCUT2D eigenvalue weighted by Gasteiger charge is -2.18. The number of benzene rings is 3. The van der Waals surface area contributed by atoms with Gasteiger partial charge in [-0.05, 0) is 61.1 Å². The fourth-order valence-electron chi connectivity index (χ4n) is 12.2. The third-order valence-electron chi connectivity index (χ3n) is 17.3. The van der Waals surface area contributed by atoms with Crippen LogP contribution in [0.2, 0.25) is 0 Å². The van der Waals surface area contributed by atoms with Crippen molar-refractivity contribution in [2.75, 3.05) is 39.3 Å². The van der Waals surface area contributed by atoms with E-state index in [-0.39, 0.29) is 85.5 Å². The SMILES string of the molecule is CCCCCCCCCCCCCCNC(=O)[C@@H]1CN(C(=O)c2ccc(C(=O)N3C[C@@H](C(=O)N[C@H]4C[C@@H]4c4ccccc4)[C@H](C(=O)N[C@@H]4C[C@H]4c4ccccc4)C3)cc2)C[C@H]1C(=O)NCCCCCCCCCCCCCC. The number of likely N-dealkylation sites (tertiary alicyclic amines) is 2. The molecule has 3 aromatic carbocycles. The molecule has 12 nitrogen and oxygen atoms in total. The largest absolute Gasteiger partial charge is 0.356 e. The summed E-state index contributed by atoms with van der Waals surface area (Å²) < 4.78 is 0. The van der Waals surface area contributed by atoms with Gasteiger partial charge in [-0.1, -0.05) is 216 Å². The number of hydrogen-bond donors (Lipinski definition) is 4. The molecule has 2 saturated carbocycles. The molecule has 6 amide bonds. The number of nitrogens with one attached hydrogen (secondary N) is 4. The molecule has 2 aliphatic carbocycles. The van der Waals surface area contributed by atoms with Crippen molar-refractivity contribution < 1.29 is 28.8 Å². The second kappa shape index (κ2) is 32.5. The molecule has 78 heavy (non-hydrogen) atoms. The van der Waals surface area contributed by atoms with E-state index >= 15 is 0 Å². The van der Waals surface area contributed by atoms with Crippen LogP contribution in [0.5, 0.6) is 0 Å². The number of carbonyl (C=O) groups is 6.